The highest BCUT2D eigenvalue weighted by Crippen LogP contribution is 2.17. The largest absolute Gasteiger partial charge is 0.445 e. The van der Waals surface area contributed by atoms with Crippen LogP contribution >= 0.6 is 11.8 Å². The minimum atomic E-state index is -0.201. The zero-order valence-electron chi connectivity index (χ0n) is 12.7. The molecule has 1 N–H and O–H groups in total. The van der Waals surface area contributed by atoms with Gasteiger partial charge in [0.1, 0.15) is 0 Å². The number of carbonyl (C=O) groups excluding carboxylic acids is 1. The first-order valence-corrected chi connectivity index (χ1v) is 8.51. The maximum atomic E-state index is 12.0. The van der Waals surface area contributed by atoms with E-state index >= 15 is 0 Å². The van der Waals surface area contributed by atoms with E-state index in [1.807, 2.05) is 53.5 Å². The van der Waals surface area contributed by atoms with Gasteiger partial charge < -0.3 is 9.73 Å². The Kier molecular flexibility index (Phi) is 4.83. The highest BCUT2D eigenvalue weighted by Gasteiger charge is 2.10. The molecule has 0 radical (unpaired) electrons. The summed E-state index contributed by atoms with van der Waals surface area (Å²) in [7, 11) is 0. The van der Waals surface area contributed by atoms with E-state index < -0.39 is 0 Å². The van der Waals surface area contributed by atoms with Crippen LogP contribution in [0.3, 0.4) is 0 Å². The first-order valence-electron chi connectivity index (χ1n) is 7.28. The Bertz CT molecular complexity index is 780. The number of nitrogens with zero attached hydrogens (tertiary/aromatic N) is 2. The minimum Gasteiger partial charge on any atom is -0.445 e. The van der Waals surface area contributed by atoms with E-state index in [0.29, 0.717) is 18.7 Å². The third-order valence-electron chi connectivity index (χ3n) is 3.34. The van der Waals surface area contributed by atoms with Gasteiger partial charge in [0.2, 0.25) is 0 Å². The number of thioether (sulfide) groups is 1. The summed E-state index contributed by atoms with van der Waals surface area (Å²) >= 11 is 1.47. The van der Waals surface area contributed by atoms with Gasteiger partial charge in [0.25, 0.3) is 5.91 Å². The number of hydrogen-bond donors (Lipinski definition) is 1. The Balaban J connectivity index is 1.53. The van der Waals surface area contributed by atoms with Gasteiger partial charge in [-0.15, -0.1) is 0 Å². The molecule has 1 amide bonds. The Labute approximate surface area is 138 Å². The van der Waals surface area contributed by atoms with Crippen LogP contribution in [0.4, 0.5) is 0 Å². The maximum absolute atomic E-state index is 12.0. The zero-order valence-corrected chi connectivity index (χ0v) is 13.5. The minimum absolute atomic E-state index is 0.201. The molecule has 0 aliphatic carbocycles. The van der Waals surface area contributed by atoms with Gasteiger partial charge in [-0.3, -0.25) is 4.79 Å². The third kappa shape index (κ3) is 3.84. The van der Waals surface area contributed by atoms with Crippen LogP contribution < -0.4 is 5.32 Å². The smallest absolute Gasteiger partial charge is 0.287 e. The number of rotatable bonds is 6. The summed E-state index contributed by atoms with van der Waals surface area (Å²) in [6, 6.07) is 15.4. The fourth-order valence-corrected chi connectivity index (χ4v) is 2.54. The maximum Gasteiger partial charge on any atom is 0.287 e. The highest BCUT2D eigenvalue weighted by molar-refractivity contribution is 7.98. The van der Waals surface area contributed by atoms with E-state index in [2.05, 4.69) is 10.4 Å². The van der Waals surface area contributed by atoms with Crippen molar-refractivity contribution in [3.05, 3.63) is 66.2 Å². The molecule has 3 aromatic rings. The lowest BCUT2D eigenvalue weighted by molar-refractivity contribution is 0.0921. The Morgan fingerprint density at radius 3 is 2.78 bits per heavy atom. The van der Waals surface area contributed by atoms with Crippen molar-refractivity contribution in [2.75, 3.05) is 12.8 Å². The predicted molar refractivity (Wildman–Crippen MR) is 90.1 cm³/mol. The lowest BCUT2D eigenvalue weighted by Gasteiger charge is -2.02. The quantitative estimate of drug-likeness (QED) is 0.707. The van der Waals surface area contributed by atoms with Crippen LogP contribution in [-0.4, -0.2) is 28.5 Å². The van der Waals surface area contributed by atoms with Crippen molar-refractivity contribution in [2.45, 2.75) is 11.5 Å². The highest BCUT2D eigenvalue weighted by atomic mass is 32.2. The number of para-hydroxylation sites is 1. The number of nitrogens with one attached hydrogen (secondary N) is 1. The lowest BCUT2D eigenvalue weighted by atomic mass is 10.3. The summed E-state index contributed by atoms with van der Waals surface area (Å²) in [5.41, 5.74) is 1.95. The predicted octanol–water partition coefficient (Wildman–Crippen LogP) is 3.16. The summed E-state index contributed by atoms with van der Waals surface area (Å²) in [6.07, 6.45) is 4.50. The van der Waals surface area contributed by atoms with Gasteiger partial charge in [0, 0.05) is 19.2 Å². The average molecular weight is 327 g/mol. The second-order valence-electron chi connectivity index (χ2n) is 4.92. The van der Waals surface area contributed by atoms with E-state index in [9.17, 15) is 4.79 Å². The molecule has 0 unspecified atom stereocenters. The molecule has 2 aromatic heterocycles. The molecule has 0 atom stereocenters. The van der Waals surface area contributed by atoms with Crippen molar-refractivity contribution >= 4 is 17.7 Å². The van der Waals surface area contributed by atoms with Crippen molar-refractivity contribution < 1.29 is 9.21 Å². The van der Waals surface area contributed by atoms with Crippen molar-refractivity contribution in [3.63, 3.8) is 0 Å². The topological polar surface area (TPSA) is 60.1 Å². The lowest BCUT2D eigenvalue weighted by Crippen LogP contribution is -2.25. The summed E-state index contributed by atoms with van der Waals surface area (Å²) in [4.78, 5) is 12.0. The summed E-state index contributed by atoms with van der Waals surface area (Å²) in [6.45, 7) is 0.514. The first-order chi connectivity index (χ1) is 11.3. The molecule has 0 saturated heterocycles. The van der Waals surface area contributed by atoms with E-state index in [1.165, 1.54) is 11.8 Å². The SMILES string of the molecule is CSc1ccc(C(=O)NCCc2ccn(-c3ccccc3)n2)o1. The van der Waals surface area contributed by atoms with Crippen LogP contribution in [0.1, 0.15) is 16.2 Å². The van der Waals surface area contributed by atoms with Gasteiger partial charge >= 0.3 is 0 Å². The number of hydrogen-bond acceptors (Lipinski definition) is 4. The molecule has 3 rings (SSSR count). The summed E-state index contributed by atoms with van der Waals surface area (Å²) < 4.78 is 7.22. The number of amides is 1. The van der Waals surface area contributed by atoms with E-state index in [0.717, 1.165) is 16.5 Å². The molecule has 1 aromatic carbocycles. The molecule has 2 heterocycles. The molecule has 23 heavy (non-hydrogen) atoms. The number of benzene rings is 1. The molecule has 118 valence electrons. The van der Waals surface area contributed by atoms with Gasteiger partial charge in [0.15, 0.2) is 10.9 Å². The van der Waals surface area contributed by atoms with Gasteiger partial charge in [-0.2, -0.15) is 5.10 Å². The van der Waals surface area contributed by atoms with Gasteiger partial charge in [-0.1, -0.05) is 30.0 Å². The van der Waals surface area contributed by atoms with Crippen LogP contribution in [0.5, 0.6) is 0 Å². The Hall–Kier alpha value is -2.47. The number of carbonyl (C=O) groups is 1. The molecule has 0 fully saturated rings. The third-order valence-corrected chi connectivity index (χ3v) is 3.96. The second-order valence-corrected chi connectivity index (χ2v) is 5.73. The van der Waals surface area contributed by atoms with E-state index in [4.69, 9.17) is 4.42 Å². The van der Waals surface area contributed by atoms with Crippen LogP contribution in [0.25, 0.3) is 5.69 Å². The molecule has 0 spiro atoms. The molecular formula is C17H17N3O2S. The van der Waals surface area contributed by atoms with Gasteiger partial charge in [0.05, 0.1) is 11.4 Å². The first kappa shape index (κ1) is 15.4. The molecule has 0 aliphatic rings. The summed E-state index contributed by atoms with van der Waals surface area (Å²) in [5, 5.41) is 8.08. The molecule has 0 aliphatic heterocycles. The number of aromatic nitrogens is 2. The monoisotopic (exact) mass is 327 g/mol. The summed E-state index contributed by atoms with van der Waals surface area (Å²) in [5.74, 6) is 0.136. The zero-order chi connectivity index (χ0) is 16.1. The van der Waals surface area contributed by atoms with E-state index in [-0.39, 0.29) is 5.91 Å². The average Bonchev–Trinajstić information content (AvgIpc) is 3.25. The van der Waals surface area contributed by atoms with Crippen LogP contribution in [0.2, 0.25) is 0 Å². The van der Waals surface area contributed by atoms with Gasteiger partial charge in [-0.25, -0.2) is 4.68 Å². The van der Waals surface area contributed by atoms with Crippen molar-refractivity contribution in [1.82, 2.24) is 15.1 Å². The van der Waals surface area contributed by atoms with Crippen molar-refractivity contribution in [1.29, 1.82) is 0 Å². The molecule has 6 heteroatoms. The molecule has 0 saturated carbocycles. The second kappa shape index (κ2) is 7.19. The van der Waals surface area contributed by atoms with Crippen LogP contribution in [0, 0.1) is 0 Å². The fourth-order valence-electron chi connectivity index (χ4n) is 2.16. The Morgan fingerprint density at radius 1 is 1.22 bits per heavy atom. The van der Waals surface area contributed by atoms with E-state index in [1.54, 1.807) is 12.1 Å². The normalized spacial score (nSPS) is 10.7. The van der Waals surface area contributed by atoms with Crippen molar-refractivity contribution in [2.24, 2.45) is 0 Å². The van der Waals surface area contributed by atoms with Gasteiger partial charge in [-0.05, 0) is 36.6 Å². The molecule has 0 bridgehead atoms. The number of furan rings is 1. The van der Waals surface area contributed by atoms with Crippen LogP contribution in [0.15, 0.2) is 64.2 Å². The van der Waals surface area contributed by atoms with Crippen LogP contribution in [-0.2, 0) is 6.42 Å². The van der Waals surface area contributed by atoms with Crippen molar-refractivity contribution in [3.8, 4) is 5.69 Å². The fraction of sp³-hybridized carbons (Fsp3) is 0.176. The molecular weight excluding hydrogens is 310 g/mol. The standard InChI is InChI=1S/C17H17N3O2S/c1-23-16-8-7-15(22-16)17(21)18-11-9-13-10-12-20(19-13)14-5-3-2-4-6-14/h2-8,10,12H,9,11H2,1H3,(H,18,21). The molecule has 5 nitrogen and oxygen atoms in total. The Morgan fingerprint density at radius 2 is 2.04 bits per heavy atom.